The molecule has 1 aromatic rings. The number of carbonyl (C=O) groups excluding carboxylic acids is 1. The Hall–Kier alpha value is -1.46. The molecule has 3 heterocycles. The molecule has 0 unspecified atom stereocenters. The minimum absolute atomic E-state index is 0.00389. The van der Waals surface area contributed by atoms with Crippen molar-refractivity contribution in [2.45, 2.75) is 45.3 Å². The van der Waals surface area contributed by atoms with Gasteiger partial charge in [0.2, 0.25) is 5.91 Å². The average molecular weight is 331 g/mol. The van der Waals surface area contributed by atoms with Crippen LogP contribution in [0.3, 0.4) is 0 Å². The highest BCUT2D eigenvalue weighted by atomic mass is 16.5. The zero-order valence-corrected chi connectivity index (χ0v) is 14.8. The summed E-state index contributed by atoms with van der Waals surface area (Å²) in [5.74, 6) is 0.630. The second-order valence-corrected chi connectivity index (χ2v) is 7.34. The summed E-state index contributed by atoms with van der Waals surface area (Å²) in [6.45, 7) is 7.90. The lowest BCUT2D eigenvalue weighted by molar-refractivity contribution is -0.139. The van der Waals surface area contributed by atoms with Gasteiger partial charge in [0, 0.05) is 38.1 Å². The number of hydrogen-bond donors (Lipinski definition) is 1. The van der Waals surface area contributed by atoms with E-state index in [-0.39, 0.29) is 11.8 Å². The SMILES string of the molecule is CC(C)N1CC[C@H]2OC[C@@H](C(=O)NCCc3ccncc3)C[C@H]2C1. The van der Waals surface area contributed by atoms with E-state index in [2.05, 4.69) is 29.0 Å². The summed E-state index contributed by atoms with van der Waals surface area (Å²) in [5.41, 5.74) is 1.20. The Kier molecular flexibility index (Phi) is 5.85. The largest absolute Gasteiger partial charge is 0.377 e. The van der Waals surface area contributed by atoms with Gasteiger partial charge in [-0.25, -0.2) is 0 Å². The van der Waals surface area contributed by atoms with Crippen LogP contribution in [0.5, 0.6) is 0 Å². The number of amides is 1. The van der Waals surface area contributed by atoms with Crippen LogP contribution in [0, 0.1) is 11.8 Å². The van der Waals surface area contributed by atoms with E-state index < -0.39 is 0 Å². The zero-order chi connectivity index (χ0) is 16.9. The first kappa shape index (κ1) is 17.4. The first-order chi connectivity index (χ1) is 11.6. The van der Waals surface area contributed by atoms with Gasteiger partial charge in [0.1, 0.15) is 0 Å². The molecule has 3 rings (SSSR count). The first-order valence-corrected chi connectivity index (χ1v) is 9.15. The molecule has 1 amide bonds. The van der Waals surface area contributed by atoms with Gasteiger partial charge >= 0.3 is 0 Å². The number of aromatic nitrogens is 1. The van der Waals surface area contributed by atoms with Gasteiger partial charge in [0.25, 0.3) is 0 Å². The Labute approximate surface area is 144 Å². The summed E-state index contributed by atoms with van der Waals surface area (Å²) in [6, 6.07) is 4.55. The normalized spacial score (nSPS) is 27.7. The van der Waals surface area contributed by atoms with Crippen molar-refractivity contribution in [2.75, 3.05) is 26.2 Å². The Balaban J connectivity index is 1.46. The molecule has 2 saturated heterocycles. The predicted octanol–water partition coefficient (Wildman–Crippen LogP) is 1.88. The molecule has 2 aliphatic rings. The summed E-state index contributed by atoms with van der Waals surface area (Å²) < 4.78 is 6.01. The van der Waals surface area contributed by atoms with Gasteiger partial charge in [-0.15, -0.1) is 0 Å². The maximum Gasteiger partial charge on any atom is 0.225 e. The van der Waals surface area contributed by atoms with Gasteiger partial charge in [-0.1, -0.05) is 0 Å². The van der Waals surface area contributed by atoms with E-state index in [4.69, 9.17) is 4.74 Å². The van der Waals surface area contributed by atoms with E-state index in [1.165, 1.54) is 5.56 Å². The van der Waals surface area contributed by atoms with E-state index in [0.717, 1.165) is 32.4 Å². The molecule has 0 aromatic carbocycles. The molecule has 24 heavy (non-hydrogen) atoms. The molecule has 0 spiro atoms. The van der Waals surface area contributed by atoms with Crippen molar-refractivity contribution in [2.24, 2.45) is 11.8 Å². The van der Waals surface area contributed by atoms with Crippen LogP contribution in [0.25, 0.3) is 0 Å². The molecule has 0 saturated carbocycles. The van der Waals surface area contributed by atoms with Gasteiger partial charge in [0.15, 0.2) is 0 Å². The number of likely N-dealkylation sites (tertiary alicyclic amines) is 1. The molecule has 3 atom stereocenters. The van der Waals surface area contributed by atoms with Crippen LogP contribution in [0.1, 0.15) is 32.3 Å². The lowest BCUT2D eigenvalue weighted by atomic mass is 9.83. The molecule has 0 aliphatic carbocycles. The predicted molar refractivity (Wildman–Crippen MR) is 93.6 cm³/mol. The third-order valence-corrected chi connectivity index (χ3v) is 5.36. The first-order valence-electron chi connectivity index (χ1n) is 9.15. The van der Waals surface area contributed by atoms with Crippen LogP contribution in [0.2, 0.25) is 0 Å². The molecule has 1 N–H and O–H groups in total. The minimum Gasteiger partial charge on any atom is -0.377 e. The van der Waals surface area contributed by atoms with Crippen molar-refractivity contribution < 1.29 is 9.53 Å². The highest BCUT2D eigenvalue weighted by Crippen LogP contribution is 2.32. The maximum atomic E-state index is 12.5. The van der Waals surface area contributed by atoms with Crippen molar-refractivity contribution in [3.05, 3.63) is 30.1 Å². The topological polar surface area (TPSA) is 54.5 Å². The van der Waals surface area contributed by atoms with Gasteiger partial charge < -0.3 is 15.0 Å². The number of carbonyl (C=O) groups is 1. The monoisotopic (exact) mass is 331 g/mol. The number of ether oxygens (including phenoxy) is 1. The molecule has 5 heteroatoms. The van der Waals surface area contributed by atoms with Crippen LogP contribution < -0.4 is 5.32 Å². The van der Waals surface area contributed by atoms with Crippen LogP contribution in [0.15, 0.2) is 24.5 Å². The number of pyridine rings is 1. The second-order valence-electron chi connectivity index (χ2n) is 7.34. The Morgan fingerprint density at radius 2 is 2.21 bits per heavy atom. The lowest BCUT2D eigenvalue weighted by Gasteiger charge is -2.44. The number of nitrogens with zero attached hydrogens (tertiary/aromatic N) is 2. The Bertz CT molecular complexity index is 535. The van der Waals surface area contributed by atoms with Crippen LogP contribution in [-0.4, -0.2) is 54.2 Å². The van der Waals surface area contributed by atoms with E-state index >= 15 is 0 Å². The zero-order valence-electron chi connectivity index (χ0n) is 14.8. The Morgan fingerprint density at radius 1 is 1.42 bits per heavy atom. The molecule has 1 aromatic heterocycles. The molecule has 2 aliphatic heterocycles. The molecular formula is C19H29N3O2. The summed E-state index contributed by atoms with van der Waals surface area (Å²) in [5, 5.41) is 3.08. The molecule has 2 fully saturated rings. The van der Waals surface area contributed by atoms with Crippen molar-refractivity contribution in [1.29, 1.82) is 0 Å². The quantitative estimate of drug-likeness (QED) is 0.895. The lowest BCUT2D eigenvalue weighted by Crippen LogP contribution is -2.52. The summed E-state index contributed by atoms with van der Waals surface area (Å²) in [4.78, 5) is 19.0. The summed E-state index contributed by atoms with van der Waals surface area (Å²) in [6.07, 6.45) is 6.82. The van der Waals surface area contributed by atoms with Crippen molar-refractivity contribution >= 4 is 5.91 Å². The summed E-state index contributed by atoms with van der Waals surface area (Å²) in [7, 11) is 0. The number of fused-ring (bicyclic) bond motifs is 1. The fraction of sp³-hybridized carbons (Fsp3) is 0.684. The van der Waals surface area contributed by atoms with Crippen molar-refractivity contribution in [1.82, 2.24) is 15.2 Å². The third-order valence-electron chi connectivity index (χ3n) is 5.36. The minimum atomic E-state index is -0.00389. The van der Waals surface area contributed by atoms with Gasteiger partial charge in [0.05, 0.1) is 18.6 Å². The van der Waals surface area contributed by atoms with Crippen LogP contribution in [-0.2, 0) is 16.0 Å². The van der Waals surface area contributed by atoms with E-state index in [1.807, 2.05) is 12.1 Å². The van der Waals surface area contributed by atoms with Gasteiger partial charge in [-0.3, -0.25) is 9.78 Å². The van der Waals surface area contributed by atoms with E-state index in [1.54, 1.807) is 12.4 Å². The molecule has 5 nitrogen and oxygen atoms in total. The average Bonchev–Trinajstić information content (AvgIpc) is 2.61. The fourth-order valence-electron chi connectivity index (χ4n) is 3.83. The fourth-order valence-corrected chi connectivity index (χ4v) is 3.83. The number of rotatable bonds is 5. The highest BCUT2D eigenvalue weighted by molar-refractivity contribution is 5.78. The van der Waals surface area contributed by atoms with Gasteiger partial charge in [-0.05, 0) is 56.7 Å². The molecule has 132 valence electrons. The van der Waals surface area contributed by atoms with Crippen LogP contribution in [0.4, 0.5) is 0 Å². The summed E-state index contributed by atoms with van der Waals surface area (Å²) >= 11 is 0. The molecular weight excluding hydrogens is 302 g/mol. The smallest absolute Gasteiger partial charge is 0.225 e. The molecule has 0 radical (unpaired) electrons. The van der Waals surface area contributed by atoms with E-state index in [9.17, 15) is 4.79 Å². The third kappa shape index (κ3) is 4.33. The van der Waals surface area contributed by atoms with Crippen molar-refractivity contribution in [3.8, 4) is 0 Å². The van der Waals surface area contributed by atoms with E-state index in [0.29, 0.717) is 31.2 Å². The van der Waals surface area contributed by atoms with Gasteiger partial charge in [-0.2, -0.15) is 0 Å². The number of hydrogen-bond acceptors (Lipinski definition) is 4. The molecule has 0 bridgehead atoms. The maximum absolute atomic E-state index is 12.5. The standard InChI is InChI=1S/C19H29N3O2/c1-14(2)22-10-6-18-16(12-22)11-17(13-24-18)19(23)21-9-5-15-3-7-20-8-4-15/h3-4,7-8,14,16-18H,5-6,9-13H2,1-2H3,(H,21,23)/t16-,17-,18+/m0/s1. The van der Waals surface area contributed by atoms with Crippen molar-refractivity contribution in [3.63, 3.8) is 0 Å². The number of nitrogens with one attached hydrogen (secondary N) is 1. The highest BCUT2D eigenvalue weighted by Gasteiger charge is 2.38. The Morgan fingerprint density at radius 3 is 2.96 bits per heavy atom. The second kappa shape index (κ2) is 8.08. The number of piperidine rings is 1. The van der Waals surface area contributed by atoms with Crippen LogP contribution >= 0.6 is 0 Å².